The minimum Gasteiger partial charge on any atom is -0.497 e. The number of benzene rings is 2. The Kier molecular flexibility index (Phi) is 7.17. The van der Waals surface area contributed by atoms with Crippen molar-refractivity contribution in [2.24, 2.45) is 0 Å². The van der Waals surface area contributed by atoms with Crippen LogP contribution >= 0.6 is 0 Å². The first kappa shape index (κ1) is 21.2. The standard InChI is InChI=1S/C22H26F2N2O3/c1-29-19-4-2-3-15(11-19)13-26(17-6-8-18(27)9-7-17)14-22(28)25-21-12-16(23)5-10-20(21)24/h2-5,10-12,17-18,27H,6-9,13-14H2,1H3,(H,25,28). The third-order valence-electron chi connectivity index (χ3n) is 5.25. The summed E-state index contributed by atoms with van der Waals surface area (Å²) in [7, 11) is 1.60. The summed E-state index contributed by atoms with van der Waals surface area (Å²) in [5.41, 5.74) is 0.815. The van der Waals surface area contributed by atoms with Gasteiger partial charge in [-0.15, -0.1) is 0 Å². The van der Waals surface area contributed by atoms with Gasteiger partial charge in [-0.05, 0) is 55.5 Å². The molecular weight excluding hydrogens is 378 g/mol. The molecular formula is C22H26F2N2O3. The van der Waals surface area contributed by atoms with E-state index >= 15 is 0 Å². The van der Waals surface area contributed by atoms with Crippen LogP contribution in [0.2, 0.25) is 0 Å². The number of amides is 1. The van der Waals surface area contributed by atoms with Gasteiger partial charge in [-0.25, -0.2) is 8.78 Å². The first-order valence-corrected chi connectivity index (χ1v) is 9.74. The molecule has 0 unspecified atom stereocenters. The minimum absolute atomic E-state index is 0.0356. The summed E-state index contributed by atoms with van der Waals surface area (Å²) in [5.74, 6) is -0.979. The lowest BCUT2D eigenvalue weighted by atomic mass is 9.91. The van der Waals surface area contributed by atoms with Crippen molar-refractivity contribution in [3.05, 3.63) is 59.7 Å². The lowest BCUT2D eigenvalue weighted by Crippen LogP contribution is -2.43. The number of halogens is 2. The summed E-state index contributed by atoms with van der Waals surface area (Å²) in [6.07, 6.45) is 2.60. The summed E-state index contributed by atoms with van der Waals surface area (Å²) in [4.78, 5) is 14.6. The Hall–Kier alpha value is -2.51. The van der Waals surface area contributed by atoms with Gasteiger partial charge in [0.05, 0.1) is 25.4 Å². The average Bonchev–Trinajstić information content (AvgIpc) is 2.71. The van der Waals surface area contributed by atoms with E-state index in [4.69, 9.17) is 4.74 Å². The number of nitrogens with zero attached hydrogens (tertiary/aromatic N) is 1. The van der Waals surface area contributed by atoms with Crippen molar-refractivity contribution in [2.75, 3.05) is 19.0 Å². The minimum atomic E-state index is -0.681. The zero-order valence-corrected chi connectivity index (χ0v) is 16.4. The lowest BCUT2D eigenvalue weighted by molar-refractivity contribution is -0.118. The molecule has 1 amide bonds. The molecule has 2 aromatic rings. The van der Waals surface area contributed by atoms with Gasteiger partial charge < -0.3 is 15.2 Å². The van der Waals surface area contributed by atoms with Crippen LogP contribution in [-0.4, -0.2) is 41.7 Å². The Morgan fingerprint density at radius 3 is 2.66 bits per heavy atom. The Balaban J connectivity index is 1.73. The Labute approximate surface area is 169 Å². The summed E-state index contributed by atoms with van der Waals surface area (Å²) >= 11 is 0. The van der Waals surface area contributed by atoms with Crippen molar-refractivity contribution in [3.8, 4) is 5.75 Å². The summed E-state index contributed by atoms with van der Waals surface area (Å²) < 4.78 is 32.5. The van der Waals surface area contributed by atoms with Crippen LogP contribution in [0.25, 0.3) is 0 Å². The van der Waals surface area contributed by atoms with Crippen molar-refractivity contribution in [2.45, 2.75) is 44.4 Å². The first-order valence-electron chi connectivity index (χ1n) is 9.74. The number of anilines is 1. The Morgan fingerprint density at radius 2 is 1.93 bits per heavy atom. The number of aliphatic hydroxyl groups is 1. The molecule has 2 aromatic carbocycles. The molecule has 2 N–H and O–H groups in total. The molecule has 156 valence electrons. The highest BCUT2D eigenvalue weighted by Gasteiger charge is 2.26. The van der Waals surface area contributed by atoms with Crippen LogP contribution in [0.5, 0.6) is 5.75 Å². The fraction of sp³-hybridized carbons (Fsp3) is 0.409. The molecule has 1 aliphatic rings. The van der Waals surface area contributed by atoms with Crippen LogP contribution < -0.4 is 10.1 Å². The topological polar surface area (TPSA) is 61.8 Å². The quantitative estimate of drug-likeness (QED) is 0.739. The highest BCUT2D eigenvalue weighted by molar-refractivity contribution is 5.92. The smallest absolute Gasteiger partial charge is 0.238 e. The zero-order chi connectivity index (χ0) is 20.8. The van der Waals surface area contributed by atoms with E-state index in [2.05, 4.69) is 5.32 Å². The molecule has 7 heteroatoms. The average molecular weight is 404 g/mol. The van der Waals surface area contributed by atoms with E-state index in [0.717, 1.165) is 42.4 Å². The maximum absolute atomic E-state index is 13.9. The number of ether oxygens (including phenoxy) is 1. The fourth-order valence-corrected chi connectivity index (χ4v) is 3.71. The van der Waals surface area contributed by atoms with Crippen LogP contribution in [0.3, 0.4) is 0 Å². The van der Waals surface area contributed by atoms with Gasteiger partial charge in [0.25, 0.3) is 0 Å². The molecule has 0 aromatic heterocycles. The molecule has 1 fully saturated rings. The molecule has 0 radical (unpaired) electrons. The van der Waals surface area contributed by atoms with Crippen LogP contribution in [0.4, 0.5) is 14.5 Å². The number of hydrogen-bond donors (Lipinski definition) is 2. The number of methoxy groups -OCH3 is 1. The van der Waals surface area contributed by atoms with Crippen LogP contribution in [-0.2, 0) is 11.3 Å². The van der Waals surface area contributed by atoms with Gasteiger partial charge in [0, 0.05) is 18.7 Å². The first-order chi connectivity index (χ1) is 13.9. The third-order valence-corrected chi connectivity index (χ3v) is 5.25. The van der Waals surface area contributed by atoms with E-state index in [-0.39, 0.29) is 24.4 Å². The number of hydrogen-bond acceptors (Lipinski definition) is 4. The molecule has 3 rings (SSSR count). The number of aliphatic hydroxyl groups excluding tert-OH is 1. The van der Waals surface area contributed by atoms with E-state index in [1.165, 1.54) is 0 Å². The van der Waals surface area contributed by atoms with Crippen molar-refractivity contribution in [3.63, 3.8) is 0 Å². The normalized spacial score (nSPS) is 19.2. The lowest BCUT2D eigenvalue weighted by Gasteiger charge is -2.35. The second kappa shape index (κ2) is 9.80. The Bertz CT molecular complexity index is 839. The highest BCUT2D eigenvalue weighted by atomic mass is 19.1. The Morgan fingerprint density at radius 1 is 1.17 bits per heavy atom. The van der Waals surface area contributed by atoms with Crippen molar-refractivity contribution in [1.82, 2.24) is 4.90 Å². The summed E-state index contributed by atoms with van der Waals surface area (Å²) in [5, 5.41) is 12.3. The van der Waals surface area contributed by atoms with E-state index < -0.39 is 17.5 Å². The van der Waals surface area contributed by atoms with E-state index in [1.807, 2.05) is 29.2 Å². The molecule has 29 heavy (non-hydrogen) atoms. The molecule has 0 heterocycles. The van der Waals surface area contributed by atoms with Gasteiger partial charge in [0.1, 0.15) is 17.4 Å². The number of carbonyl (C=O) groups is 1. The van der Waals surface area contributed by atoms with Gasteiger partial charge in [-0.1, -0.05) is 12.1 Å². The second-order valence-electron chi connectivity index (χ2n) is 7.39. The summed E-state index contributed by atoms with van der Waals surface area (Å²) in [6, 6.07) is 10.7. The zero-order valence-electron chi connectivity index (χ0n) is 16.4. The van der Waals surface area contributed by atoms with Gasteiger partial charge in [0.15, 0.2) is 0 Å². The maximum Gasteiger partial charge on any atom is 0.238 e. The van der Waals surface area contributed by atoms with E-state index in [9.17, 15) is 18.7 Å². The largest absolute Gasteiger partial charge is 0.497 e. The molecule has 1 saturated carbocycles. The molecule has 0 atom stereocenters. The number of rotatable bonds is 7. The van der Waals surface area contributed by atoms with Crippen LogP contribution in [0.15, 0.2) is 42.5 Å². The monoisotopic (exact) mass is 404 g/mol. The second-order valence-corrected chi connectivity index (χ2v) is 7.39. The molecule has 5 nitrogen and oxygen atoms in total. The maximum atomic E-state index is 13.9. The molecule has 0 bridgehead atoms. The predicted octanol–water partition coefficient (Wildman–Crippen LogP) is 3.72. The predicted molar refractivity (Wildman–Crippen MR) is 107 cm³/mol. The number of carbonyl (C=O) groups excluding carboxylic acids is 1. The summed E-state index contributed by atoms with van der Waals surface area (Å²) in [6.45, 7) is 0.547. The van der Waals surface area contributed by atoms with Gasteiger partial charge in [0.2, 0.25) is 5.91 Å². The van der Waals surface area contributed by atoms with Gasteiger partial charge in [-0.3, -0.25) is 9.69 Å². The van der Waals surface area contributed by atoms with Gasteiger partial charge in [-0.2, -0.15) is 0 Å². The van der Waals surface area contributed by atoms with Crippen LogP contribution in [0, 0.1) is 11.6 Å². The third kappa shape index (κ3) is 5.98. The fourth-order valence-electron chi connectivity index (χ4n) is 3.71. The van der Waals surface area contributed by atoms with Crippen LogP contribution in [0.1, 0.15) is 31.2 Å². The molecule has 0 aliphatic heterocycles. The molecule has 0 spiro atoms. The molecule has 0 saturated heterocycles. The SMILES string of the molecule is COc1cccc(CN(CC(=O)Nc2cc(F)ccc2F)C2CCC(O)CC2)c1. The van der Waals surface area contributed by atoms with Crippen molar-refractivity contribution < 1.29 is 23.4 Å². The van der Waals surface area contributed by atoms with Gasteiger partial charge >= 0.3 is 0 Å². The molecule has 1 aliphatic carbocycles. The number of nitrogens with one attached hydrogen (secondary N) is 1. The van der Waals surface area contributed by atoms with Crippen molar-refractivity contribution in [1.29, 1.82) is 0 Å². The van der Waals surface area contributed by atoms with E-state index in [1.54, 1.807) is 7.11 Å². The van der Waals surface area contributed by atoms with Crippen molar-refractivity contribution >= 4 is 11.6 Å². The highest BCUT2D eigenvalue weighted by Crippen LogP contribution is 2.25. The van der Waals surface area contributed by atoms with E-state index in [0.29, 0.717) is 19.4 Å².